The van der Waals surface area contributed by atoms with Crippen LogP contribution in [0.4, 0.5) is 0 Å². The van der Waals surface area contributed by atoms with Gasteiger partial charge in [0.05, 0.1) is 17.4 Å². The molecule has 0 aliphatic rings. The predicted molar refractivity (Wildman–Crippen MR) is 69.9 cm³/mol. The van der Waals surface area contributed by atoms with Crippen LogP contribution in [-0.4, -0.2) is 9.97 Å². The second kappa shape index (κ2) is 4.42. The minimum absolute atomic E-state index is 1.03. The zero-order valence-electron chi connectivity index (χ0n) is 9.56. The van der Waals surface area contributed by atoms with E-state index in [4.69, 9.17) is 0 Å². The number of hydrogen-bond donors (Lipinski definition) is 1. The number of para-hydroxylation sites is 1. The molecule has 1 N–H and O–H groups in total. The molecule has 0 amide bonds. The van der Waals surface area contributed by atoms with Crippen LogP contribution < -0.4 is 0 Å². The van der Waals surface area contributed by atoms with E-state index in [1.54, 1.807) is 6.33 Å². The maximum atomic E-state index is 4.38. The summed E-state index contributed by atoms with van der Waals surface area (Å²) in [5, 5.41) is 0. The van der Waals surface area contributed by atoms with Crippen molar-refractivity contribution in [2.75, 3.05) is 0 Å². The fourth-order valence-corrected chi connectivity index (χ4v) is 2.15. The number of rotatable bonds is 3. The molecule has 1 heterocycles. The zero-order valence-corrected chi connectivity index (χ0v) is 9.56. The van der Waals surface area contributed by atoms with E-state index in [2.05, 4.69) is 58.5 Å². The van der Waals surface area contributed by atoms with Gasteiger partial charge in [-0.2, -0.15) is 0 Å². The Morgan fingerprint density at radius 3 is 2.65 bits per heavy atom. The number of aryl methyl sites for hydroxylation is 2. The summed E-state index contributed by atoms with van der Waals surface area (Å²) in [6.07, 6.45) is 3.86. The number of imidazole rings is 1. The number of hydrogen-bond acceptors (Lipinski definition) is 1. The van der Waals surface area contributed by atoms with Crippen LogP contribution in [0.25, 0.3) is 11.0 Å². The van der Waals surface area contributed by atoms with Crippen molar-refractivity contribution >= 4 is 11.0 Å². The number of aromatic amines is 1. The van der Waals surface area contributed by atoms with Crippen LogP contribution in [0.3, 0.4) is 0 Å². The first-order valence-electron chi connectivity index (χ1n) is 5.88. The van der Waals surface area contributed by atoms with Crippen molar-refractivity contribution < 1.29 is 0 Å². The Morgan fingerprint density at radius 1 is 0.882 bits per heavy atom. The van der Waals surface area contributed by atoms with Gasteiger partial charge < -0.3 is 4.98 Å². The molecule has 0 saturated carbocycles. The van der Waals surface area contributed by atoms with Crippen LogP contribution >= 0.6 is 0 Å². The fraction of sp³-hybridized carbons (Fsp3) is 0.133. The Labute approximate surface area is 100 Å². The summed E-state index contributed by atoms with van der Waals surface area (Å²) in [6, 6.07) is 16.9. The lowest BCUT2D eigenvalue weighted by atomic mass is 10.0. The van der Waals surface area contributed by atoms with Crippen molar-refractivity contribution in [3.05, 3.63) is 66.0 Å². The minimum atomic E-state index is 1.03. The van der Waals surface area contributed by atoms with Crippen molar-refractivity contribution in [1.82, 2.24) is 9.97 Å². The van der Waals surface area contributed by atoms with Crippen LogP contribution in [0, 0.1) is 0 Å². The Kier molecular flexibility index (Phi) is 2.62. The SMILES string of the molecule is c1ccc(CCc2cccc3[nH]cnc23)cc1. The summed E-state index contributed by atoms with van der Waals surface area (Å²) in [6.45, 7) is 0. The molecule has 0 fully saturated rings. The second-order valence-corrected chi connectivity index (χ2v) is 4.20. The first kappa shape index (κ1) is 10.1. The average molecular weight is 222 g/mol. The predicted octanol–water partition coefficient (Wildman–Crippen LogP) is 3.35. The third-order valence-corrected chi connectivity index (χ3v) is 3.06. The van der Waals surface area contributed by atoms with Crippen LogP contribution in [0.5, 0.6) is 0 Å². The lowest BCUT2D eigenvalue weighted by Crippen LogP contribution is -1.92. The fourth-order valence-electron chi connectivity index (χ4n) is 2.15. The summed E-state index contributed by atoms with van der Waals surface area (Å²) >= 11 is 0. The quantitative estimate of drug-likeness (QED) is 0.723. The zero-order chi connectivity index (χ0) is 11.5. The second-order valence-electron chi connectivity index (χ2n) is 4.20. The first-order valence-corrected chi connectivity index (χ1v) is 5.88. The van der Waals surface area contributed by atoms with Crippen molar-refractivity contribution in [1.29, 1.82) is 0 Å². The first-order chi connectivity index (χ1) is 8.43. The lowest BCUT2D eigenvalue weighted by molar-refractivity contribution is 0.966. The van der Waals surface area contributed by atoms with Crippen LogP contribution in [-0.2, 0) is 12.8 Å². The maximum Gasteiger partial charge on any atom is 0.0931 e. The van der Waals surface area contributed by atoms with Crippen molar-refractivity contribution in [3.8, 4) is 0 Å². The Bertz CT molecular complexity index is 611. The largest absolute Gasteiger partial charge is 0.345 e. The Hall–Kier alpha value is -2.09. The molecule has 0 saturated heterocycles. The lowest BCUT2D eigenvalue weighted by Gasteiger charge is -2.02. The molecule has 17 heavy (non-hydrogen) atoms. The van der Waals surface area contributed by atoms with Crippen LogP contribution in [0.1, 0.15) is 11.1 Å². The van der Waals surface area contributed by atoms with Gasteiger partial charge in [-0.15, -0.1) is 0 Å². The summed E-state index contributed by atoms with van der Waals surface area (Å²) < 4.78 is 0. The summed E-state index contributed by atoms with van der Waals surface area (Å²) in [5.41, 5.74) is 4.91. The van der Waals surface area contributed by atoms with Crippen molar-refractivity contribution in [2.45, 2.75) is 12.8 Å². The highest BCUT2D eigenvalue weighted by Gasteiger charge is 2.03. The van der Waals surface area contributed by atoms with E-state index in [-0.39, 0.29) is 0 Å². The van der Waals surface area contributed by atoms with Crippen LogP contribution in [0.15, 0.2) is 54.9 Å². The van der Waals surface area contributed by atoms with Gasteiger partial charge in [0.2, 0.25) is 0 Å². The number of nitrogens with zero attached hydrogens (tertiary/aromatic N) is 1. The van der Waals surface area contributed by atoms with E-state index in [1.165, 1.54) is 11.1 Å². The van der Waals surface area contributed by atoms with Crippen molar-refractivity contribution in [2.24, 2.45) is 0 Å². The number of nitrogens with one attached hydrogen (secondary N) is 1. The standard InChI is InChI=1S/C15H14N2/c1-2-5-12(6-3-1)9-10-13-7-4-8-14-15(13)17-11-16-14/h1-8,11H,9-10H2,(H,16,17). The summed E-state index contributed by atoms with van der Waals surface area (Å²) in [4.78, 5) is 7.52. The molecule has 0 radical (unpaired) electrons. The summed E-state index contributed by atoms with van der Waals surface area (Å²) in [5.74, 6) is 0. The number of H-pyrrole nitrogens is 1. The monoisotopic (exact) mass is 222 g/mol. The van der Waals surface area contributed by atoms with E-state index in [9.17, 15) is 0 Å². The third-order valence-electron chi connectivity index (χ3n) is 3.06. The number of benzene rings is 2. The van der Waals surface area contributed by atoms with E-state index in [0.717, 1.165) is 23.9 Å². The molecular formula is C15H14N2. The van der Waals surface area contributed by atoms with Gasteiger partial charge >= 0.3 is 0 Å². The van der Waals surface area contributed by atoms with Gasteiger partial charge in [0.1, 0.15) is 0 Å². The molecule has 0 aliphatic heterocycles. The van der Waals surface area contributed by atoms with Gasteiger partial charge in [-0.1, -0.05) is 42.5 Å². The third kappa shape index (κ3) is 2.07. The van der Waals surface area contributed by atoms with Gasteiger partial charge in [0.25, 0.3) is 0 Å². The molecule has 2 aromatic carbocycles. The highest BCUT2D eigenvalue weighted by atomic mass is 14.9. The van der Waals surface area contributed by atoms with E-state index >= 15 is 0 Å². The molecule has 0 spiro atoms. The molecule has 0 unspecified atom stereocenters. The number of aromatic nitrogens is 2. The van der Waals surface area contributed by atoms with Gasteiger partial charge in [-0.25, -0.2) is 4.98 Å². The molecule has 3 rings (SSSR count). The molecule has 1 aromatic heterocycles. The van der Waals surface area contributed by atoms with Crippen LogP contribution in [0.2, 0.25) is 0 Å². The maximum absolute atomic E-state index is 4.38. The summed E-state index contributed by atoms with van der Waals surface area (Å²) in [7, 11) is 0. The van der Waals surface area contributed by atoms with E-state index in [0.29, 0.717) is 0 Å². The molecule has 0 bridgehead atoms. The van der Waals surface area contributed by atoms with E-state index in [1.807, 2.05) is 0 Å². The van der Waals surface area contributed by atoms with Gasteiger partial charge in [0.15, 0.2) is 0 Å². The topological polar surface area (TPSA) is 28.7 Å². The molecule has 3 aromatic rings. The van der Waals surface area contributed by atoms with Gasteiger partial charge in [-0.05, 0) is 30.0 Å². The molecule has 0 aliphatic carbocycles. The number of fused-ring (bicyclic) bond motifs is 1. The Balaban J connectivity index is 1.84. The molecular weight excluding hydrogens is 208 g/mol. The molecule has 2 nitrogen and oxygen atoms in total. The minimum Gasteiger partial charge on any atom is -0.345 e. The normalized spacial score (nSPS) is 10.8. The van der Waals surface area contributed by atoms with Gasteiger partial charge in [-0.3, -0.25) is 0 Å². The molecule has 84 valence electrons. The van der Waals surface area contributed by atoms with E-state index < -0.39 is 0 Å². The average Bonchev–Trinajstić information content (AvgIpc) is 2.86. The highest BCUT2D eigenvalue weighted by molar-refractivity contribution is 5.78. The smallest absolute Gasteiger partial charge is 0.0931 e. The van der Waals surface area contributed by atoms with Gasteiger partial charge in [0, 0.05) is 0 Å². The van der Waals surface area contributed by atoms with Crippen molar-refractivity contribution in [3.63, 3.8) is 0 Å². The highest BCUT2D eigenvalue weighted by Crippen LogP contribution is 2.16. The molecule has 2 heteroatoms. The molecule has 0 atom stereocenters. The Morgan fingerprint density at radius 2 is 1.76 bits per heavy atom.